The standard InChI is InChI=1S/C20H18OS/c1-2-16-12-14-18(15-13-16)22-20-11-7-6-10-19(20)21-17-8-4-3-5-9-17/h3-15H,2H2,1H3. The Morgan fingerprint density at radius 3 is 2.18 bits per heavy atom. The zero-order chi connectivity index (χ0) is 15.2. The van der Waals surface area contributed by atoms with Crippen LogP contribution in [0, 0.1) is 0 Å². The Kier molecular flexibility index (Phi) is 4.81. The lowest BCUT2D eigenvalue weighted by molar-refractivity contribution is 0.471. The molecule has 3 aromatic carbocycles. The summed E-state index contributed by atoms with van der Waals surface area (Å²) in [6, 6.07) is 26.7. The highest BCUT2D eigenvalue weighted by Gasteiger charge is 2.06. The Hall–Kier alpha value is -2.19. The van der Waals surface area contributed by atoms with Crippen molar-refractivity contribution in [2.75, 3.05) is 0 Å². The Labute approximate surface area is 136 Å². The maximum atomic E-state index is 6.01. The number of para-hydroxylation sites is 2. The van der Waals surface area contributed by atoms with Gasteiger partial charge in [0.15, 0.2) is 0 Å². The molecule has 0 amide bonds. The lowest BCUT2D eigenvalue weighted by Crippen LogP contribution is -1.86. The third-order valence-electron chi connectivity index (χ3n) is 3.38. The van der Waals surface area contributed by atoms with Crippen molar-refractivity contribution in [3.63, 3.8) is 0 Å². The Balaban J connectivity index is 1.81. The van der Waals surface area contributed by atoms with Gasteiger partial charge >= 0.3 is 0 Å². The number of ether oxygens (including phenoxy) is 1. The fourth-order valence-corrected chi connectivity index (χ4v) is 3.04. The minimum Gasteiger partial charge on any atom is -0.456 e. The molecule has 0 unspecified atom stereocenters. The SMILES string of the molecule is CCc1ccc(Sc2ccccc2Oc2ccccc2)cc1. The highest BCUT2D eigenvalue weighted by atomic mass is 32.2. The minimum atomic E-state index is 0.858. The van der Waals surface area contributed by atoms with Crippen molar-refractivity contribution < 1.29 is 4.74 Å². The number of benzene rings is 3. The summed E-state index contributed by atoms with van der Waals surface area (Å²) in [6.07, 6.45) is 1.07. The quantitative estimate of drug-likeness (QED) is 0.555. The first-order chi connectivity index (χ1) is 10.8. The van der Waals surface area contributed by atoms with Gasteiger partial charge < -0.3 is 4.74 Å². The number of aryl methyl sites for hydroxylation is 1. The highest BCUT2D eigenvalue weighted by molar-refractivity contribution is 7.99. The third-order valence-corrected chi connectivity index (χ3v) is 4.44. The molecule has 0 aromatic heterocycles. The van der Waals surface area contributed by atoms with Gasteiger partial charge in [-0.1, -0.05) is 61.2 Å². The third kappa shape index (κ3) is 3.71. The predicted molar refractivity (Wildman–Crippen MR) is 92.9 cm³/mol. The van der Waals surface area contributed by atoms with Crippen molar-refractivity contribution in [1.82, 2.24) is 0 Å². The molecule has 3 aromatic rings. The van der Waals surface area contributed by atoms with Gasteiger partial charge in [-0.05, 0) is 48.4 Å². The molecule has 110 valence electrons. The van der Waals surface area contributed by atoms with Crippen LogP contribution < -0.4 is 4.74 Å². The normalized spacial score (nSPS) is 10.4. The zero-order valence-corrected chi connectivity index (χ0v) is 13.3. The van der Waals surface area contributed by atoms with Crippen molar-refractivity contribution in [3.05, 3.63) is 84.4 Å². The molecule has 0 spiro atoms. The van der Waals surface area contributed by atoms with Crippen molar-refractivity contribution in [3.8, 4) is 11.5 Å². The molecule has 0 bridgehead atoms. The fraction of sp³-hybridized carbons (Fsp3) is 0.100. The maximum absolute atomic E-state index is 6.01. The smallest absolute Gasteiger partial charge is 0.141 e. The Morgan fingerprint density at radius 2 is 1.45 bits per heavy atom. The molecule has 0 radical (unpaired) electrons. The summed E-state index contributed by atoms with van der Waals surface area (Å²) in [7, 11) is 0. The van der Waals surface area contributed by atoms with E-state index >= 15 is 0 Å². The van der Waals surface area contributed by atoms with Crippen LogP contribution in [0.3, 0.4) is 0 Å². The van der Waals surface area contributed by atoms with Crippen LogP contribution in [-0.2, 0) is 6.42 Å². The van der Waals surface area contributed by atoms with Gasteiger partial charge in [-0.3, -0.25) is 0 Å². The summed E-state index contributed by atoms with van der Waals surface area (Å²) < 4.78 is 6.01. The van der Waals surface area contributed by atoms with Crippen molar-refractivity contribution in [2.45, 2.75) is 23.1 Å². The first-order valence-corrected chi connectivity index (χ1v) is 8.25. The first-order valence-electron chi connectivity index (χ1n) is 7.44. The summed E-state index contributed by atoms with van der Waals surface area (Å²) in [4.78, 5) is 2.34. The van der Waals surface area contributed by atoms with Gasteiger partial charge in [0.25, 0.3) is 0 Å². The van der Waals surface area contributed by atoms with Crippen LogP contribution in [0.5, 0.6) is 11.5 Å². The van der Waals surface area contributed by atoms with Gasteiger partial charge in [0, 0.05) is 4.90 Å². The van der Waals surface area contributed by atoms with Gasteiger partial charge in [0.2, 0.25) is 0 Å². The Morgan fingerprint density at radius 1 is 0.773 bits per heavy atom. The van der Waals surface area contributed by atoms with E-state index in [1.807, 2.05) is 48.5 Å². The number of rotatable bonds is 5. The average molecular weight is 306 g/mol. The Bertz CT molecular complexity index is 720. The lowest BCUT2D eigenvalue weighted by atomic mass is 10.2. The minimum absolute atomic E-state index is 0.858. The van der Waals surface area contributed by atoms with Crippen LogP contribution in [0.4, 0.5) is 0 Å². The van der Waals surface area contributed by atoms with Crippen LogP contribution in [0.2, 0.25) is 0 Å². The summed E-state index contributed by atoms with van der Waals surface area (Å²) in [6.45, 7) is 2.17. The number of hydrogen-bond acceptors (Lipinski definition) is 2. The molecule has 1 nitrogen and oxygen atoms in total. The van der Waals surface area contributed by atoms with Gasteiger partial charge in [-0.25, -0.2) is 0 Å². The molecule has 2 heteroatoms. The summed E-state index contributed by atoms with van der Waals surface area (Å²) in [5, 5.41) is 0. The first kappa shape index (κ1) is 14.7. The molecule has 0 heterocycles. The molecule has 0 N–H and O–H groups in total. The van der Waals surface area contributed by atoms with E-state index in [9.17, 15) is 0 Å². The van der Waals surface area contributed by atoms with E-state index in [1.54, 1.807) is 11.8 Å². The van der Waals surface area contributed by atoms with E-state index in [1.165, 1.54) is 10.5 Å². The van der Waals surface area contributed by atoms with Crippen LogP contribution >= 0.6 is 11.8 Å². The molecular weight excluding hydrogens is 288 g/mol. The van der Waals surface area contributed by atoms with Crippen LogP contribution in [0.15, 0.2) is 88.7 Å². The summed E-state index contributed by atoms with van der Waals surface area (Å²) in [5.74, 6) is 1.75. The second-order valence-corrected chi connectivity index (χ2v) is 6.08. The van der Waals surface area contributed by atoms with Gasteiger partial charge in [0.1, 0.15) is 11.5 Å². The molecule has 0 atom stereocenters. The molecule has 0 fully saturated rings. The van der Waals surface area contributed by atoms with E-state index in [2.05, 4.69) is 37.3 Å². The highest BCUT2D eigenvalue weighted by Crippen LogP contribution is 2.36. The molecule has 0 saturated carbocycles. The van der Waals surface area contributed by atoms with E-state index in [4.69, 9.17) is 4.74 Å². The van der Waals surface area contributed by atoms with Gasteiger partial charge in [-0.15, -0.1) is 0 Å². The molecule has 3 rings (SSSR count). The second-order valence-electron chi connectivity index (χ2n) is 4.96. The van der Waals surface area contributed by atoms with Crippen molar-refractivity contribution in [2.24, 2.45) is 0 Å². The molecule has 0 aliphatic heterocycles. The molecule has 0 aliphatic carbocycles. The van der Waals surface area contributed by atoms with Crippen LogP contribution in [0.1, 0.15) is 12.5 Å². The largest absolute Gasteiger partial charge is 0.456 e. The lowest BCUT2D eigenvalue weighted by Gasteiger charge is -2.11. The topological polar surface area (TPSA) is 9.23 Å². The maximum Gasteiger partial charge on any atom is 0.141 e. The summed E-state index contributed by atoms with van der Waals surface area (Å²) >= 11 is 1.73. The van der Waals surface area contributed by atoms with E-state index in [-0.39, 0.29) is 0 Å². The van der Waals surface area contributed by atoms with Crippen molar-refractivity contribution >= 4 is 11.8 Å². The van der Waals surface area contributed by atoms with E-state index in [0.717, 1.165) is 22.8 Å². The van der Waals surface area contributed by atoms with Crippen molar-refractivity contribution in [1.29, 1.82) is 0 Å². The molecule has 0 aliphatic rings. The van der Waals surface area contributed by atoms with Crippen LogP contribution in [0.25, 0.3) is 0 Å². The van der Waals surface area contributed by atoms with E-state index < -0.39 is 0 Å². The molecule has 0 saturated heterocycles. The van der Waals surface area contributed by atoms with Gasteiger partial charge in [-0.2, -0.15) is 0 Å². The second kappa shape index (κ2) is 7.19. The van der Waals surface area contributed by atoms with Gasteiger partial charge in [0.05, 0.1) is 4.90 Å². The monoisotopic (exact) mass is 306 g/mol. The fourth-order valence-electron chi connectivity index (χ4n) is 2.15. The van der Waals surface area contributed by atoms with E-state index in [0.29, 0.717) is 0 Å². The average Bonchev–Trinajstić information content (AvgIpc) is 2.58. The predicted octanol–water partition coefficient (Wildman–Crippen LogP) is 6.19. The number of hydrogen-bond donors (Lipinski definition) is 0. The zero-order valence-electron chi connectivity index (χ0n) is 12.5. The van der Waals surface area contributed by atoms with Crippen LogP contribution in [-0.4, -0.2) is 0 Å². The molecule has 22 heavy (non-hydrogen) atoms. The summed E-state index contributed by atoms with van der Waals surface area (Å²) in [5.41, 5.74) is 1.36. The molecular formula is C20H18OS.